The Morgan fingerprint density at radius 3 is 2.58 bits per heavy atom. The van der Waals surface area contributed by atoms with Gasteiger partial charge >= 0.3 is 0 Å². The van der Waals surface area contributed by atoms with Crippen LogP contribution >= 0.6 is 0 Å². The third-order valence-electron chi connectivity index (χ3n) is 2.98. The van der Waals surface area contributed by atoms with Crippen molar-refractivity contribution in [1.29, 1.82) is 0 Å². The van der Waals surface area contributed by atoms with E-state index >= 15 is 0 Å². The van der Waals surface area contributed by atoms with Gasteiger partial charge in [0.2, 0.25) is 0 Å². The van der Waals surface area contributed by atoms with Gasteiger partial charge in [-0.3, -0.25) is 4.99 Å². The molecule has 0 aromatic heterocycles. The molecule has 1 heterocycles. The Bertz CT molecular complexity index is 159. The fraction of sp³-hybridized carbons (Fsp3) is 0.900. The standard InChI is InChI=1S/C10H18N2/c1-2-5-10(6-3-1)12-8-4-7-11-9-12/h9-10H,1-8H2. The van der Waals surface area contributed by atoms with Crippen LogP contribution in [0.1, 0.15) is 38.5 Å². The van der Waals surface area contributed by atoms with Gasteiger partial charge in [-0.05, 0) is 19.3 Å². The number of rotatable bonds is 1. The zero-order valence-electron chi connectivity index (χ0n) is 7.71. The molecule has 0 aromatic rings. The predicted octanol–water partition coefficient (Wildman–Crippen LogP) is 2.05. The Hall–Kier alpha value is -0.530. The van der Waals surface area contributed by atoms with Gasteiger partial charge in [-0.2, -0.15) is 0 Å². The lowest BCUT2D eigenvalue weighted by Gasteiger charge is -2.34. The molecule has 2 rings (SSSR count). The molecular formula is C10H18N2. The first-order chi connectivity index (χ1) is 5.97. The normalized spacial score (nSPS) is 26.2. The van der Waals surface area contributed by atoms with Crippen LogP contribution in [0.15, 0.2) is 4.99 Å². The van der Waals surface area contributed by atoms with Crippen LogP contribution < -0.4 is 0 Å². The van der Waals surface area contributed by atoms with E-state index in [-0.39, 0.29) is 0 Å². The fourth-order valence-corrected chi connectivity index (χ4v) is 2.25. The molecule has 1 saturated carbocycles. The maximum absolute atomic E-state index is 4.33. The molecule has 0 spiro atoms. The molecule has 0 radical (unpaired) electrons. The molecule has 0 amide bonds. The lowest BCUT2D eigenvalue weighted by molar-refractivity contribution is 0.242. The fourth-order valence-electron chi connectivity index (χ4n) is 2.25. The first-order valence-electron chi connectivity index (χ1n) is 5.22. The van der Waals surface area contributed by atoms with E-state index in [0.29, 0.717) is 0 Å². The van der Waals surface area contributed by atoms with Crippen molar-refractivity contribution >= 4 is 6.34 Å². The lowest BCUT2D eigenvalue weighted by atomic mass is 9.94. The van der Waals surface area contributed by atoms with Crippen molar-refractivity contribution < 1.29 is 0 Å². The van der Waals surface area contributed by atoms with Gasteiger partial charge in [-0.25, -0.2) is 0 Å². The van der Waals surface area contributed by atoms with Crippen molar-refractivity contribution in [2.45, 2.75) is 44.6 Å². The van der Waals surface area contributed by atoms with Crippen molar-refractivity contribution in [3.05, 3.63) is 0 Å². The molecule has 0 aromatic carbocycles. The monoisotopic (exact) mass is 166 g/mol. The number of aliphatic imine (C=N–C) groups is 1. The first kappa shape index (κ1) is 8.09. The van der Waals surface area contributed by atoms with Crippen molar-refractivity contribution in [2.75, 3.05) is 13.1 Å². The number of hydrogen-bond donors (Lipinski definition) is 0. The molecule has 0 saturated heterocycles. The molecule has 0 bridgehead atoms. The Kier molecular flexibility index (Phi) is 2.64. The summed E-state index contributed by atoms with van der Waals surface area (Å²) in [5, 5.41) is 0. The summed E-state index contributed by atoms with van der Waals surface area (Å²) in [7, 11) is 0. The molecule has 0 unspecified atom stereocenters. The van der Waals surface area contributed by atoms with Crippen LogP contribution in [0.3, 0.4) is 0 Å². The quantitative estimate of drug-likeness (QED) is 0.582. The molecule has 2 nitrogen and oxygen atoms in total. The molecule has 0 atom stereocenters. The lowest BCUT2D eigenvalue weighted by Crippen LogP contribution is -2.38. The molecule has 1 fully saturated rings. The molecule has 0 N–H and O–H groups in total. The van der Waals surface area contributed by atoms with Crippen molar-refractivity contribution in [2.24, 2.45) is 4.99 Å². The van der Waals surface area contributed by atoms with E-state index in [4.69, 9.17) is 0 Å². The van der Waals surface area contributed by atoms with Gasteiger partial charge in [0.1, 0.15) is 0 Å². The highest BCUT2D eigenvalue weighted by molar-refractivity contribution is 5.56. The average molecular weight is 166 g/mol. The average Bonchev–Trinajstić information content (AvgIpc) is 2.21. The SMILES string of the molecule is C1=NCCCN1C1CCCCC1. The second kappa shape index (κ2) is 3.92. The summed E-state index contributed by atoms with van der Waals surface area (Å²) in [6, 6.07) is 0.822. The second-order valence-corrected chi connectivity index (χ2v) is 3.90. The first-order valence-corrected chi connectivity index (χ1v) is 5.22. The minimum Gasteiger partial charge on any atom is -0.360 e. The minimum absolute atomic E-state index is 0.822. The van der Waals surface area contributed by atoms with Crippen LogP contribution in [0.2, 0.25) is 0 Å². The molecule has 68 valence electrons. The van der Waals surface area contributed by atoms with E-state index in [1.807, 2.05) is 0 Å². The van der Waals surface area contributed by atoms with E-state index in [1.54, 1.807) is 0 Å². The minimum atomic E-state index is 0.822. The van der Waals surface area contributed by atoms with Crippen LogP contribution in [0, 0.1) is 0 Å². The summed E-state index contributed by atoms with van der Waals surface area (Å²) >= 11 is 0. The Morgan fingerprint density at radius 2 is 1.92 bits per heavy atom. The second-order valence-electron chi connectivity index (χ2n) is 3.90. The molecule has 1 aliphatic heterocycles. The maximum Gasteiger partial charge on any atom is 0.0852 e. The van der Waals surface area contributed by atoms with E-state index < -0.39 is 0 Å². The van der Waals surface area contributed by atoms with Crippen LogP contribution in [0.4, 0.5) is 0 Å². The Morgan fingerprint density at radius 1 is 1.08 bits per heavy atom. The Balaban J connectivity index is 1.88. The summed E-state index contributed by atoms with van der Waals surface area (Å²) in [5.41, 5.74) is 0. The Labute approximate surface area is 74.7 Å². The zero-order chi connectivity index (χ0) is 8.23. The molecule has 2 aliphatic rings. The summed E-state index contributed by atoms with van der Waals surface area (Å²) in [4.78, 5) is 6.80. The van der Waals surface area contributed by atoms with E-state index in [0.717, 1.165) is 12.6 Å². The molecular weight excluding hydrogens is 148 g/mol. The molecule has 12 heavy (non-hydrogen) atoms. The summed E-state index contributed by atoms with van der Waals surface area (Å²) in [6.45, 7) is 2.29. The summed E-state index contributed by atoms with van der Waals surface area (Å²) in [6.07, 6.45) is 10.4. The van der Waals surface area contributed by atoms with E-state index in [9.17, 15) is 0 Å². The highest BCUT2D eigenvalue weighted by Gasteiger charge is 2.19. The van der Waals surface area contributed by atoms with Gasteiger partial charge in [0.25, 0.3) is 0 Å². The predicted molar refractivity (Wildman–Crippen MR) is 51.6 cm³/mol. The topological polar surface area (TPSA) is 15.6 Å². The van der Waals surface area contributed by atoms with Gasteiger partial charge in [-0.15, -0.1) is 0 Å². The van der Waals surface area contributed by atoms with Gasteiger partial charge in [0.05, 0.1) is 6.34 Å². The highest BCUT2D eigenvalue weighted by atomic mass is 15.2. The highest BCUT2D eigenvalue weighted by Crippen LogP contribution is 2.22. The van der Waals surface area contributed by atoms with Gasteiger partial charge in [0.15, 0.2) is 0 Å². The van der Waals surface area contributed by atoms with Crippen LogP contribution in [0.5, 0.6) is 0 Å². The van der Waals surface area contributed by atoms with Crippen molar-refractivity contribution in [3.8, 4) is 0 Å². The summed E-state index contributed by atoms with van der Waals surface area (Å²) in [5.74, 6) is 0. The van der Waals surface area contributed by atoms with Crippen LogP contribution in [0.25, 0.3) is 0 Å². The third kappa shape index (κ3) is 1.79. The largest absolute Gasteiger partial charge is 0.360 e. The molecule has 1 aliphatic carbocycles. The van der Waals surface area contributed by atoms with E-state index in [2.05, 4.69) is 16.2 Å². The molecule has 2 heteroatoms. The van der Waals surface area contributed by atoms with Crippen molar-refractivity contribution in [1.82, 2.24) is 4.90 Å². The van der Waals surface area contributed by atoms with Gasteiger partial charge in [-0.1, -0.05) is 19.3 Å². The number of nitrogens with zero attached hydrogens (tertiary/aromatic N) is 2. The van der Waals surface area contributed by atoms with Gasteiger partial charge < -0.3 is 4.90 Å². The smallest absolute Gasteiger partial charge is 0.0852 e. The third-order valence-corrected chi connectivity index (χ3v) is 2.98. The zero-order valence-corrected chi connectivity index (χ0v) is 7.71. The number of hydrogen-bond acceptors (Lipinski definition) is 2. The van der Waals surface area contributed by atoms with Crippen molar-refractivity contribution in [3.63, 3.8) is 0 Å². The van der Waals surface area contributed by atoms with Gasteiger partial charge in [0, 0.05) is 19.1 Å². The van der Waals surface area contributed by atoms with Crippen LogP contribution in [-0.2, 0) is 0 Å². The van der Waals surface area contributed by atoms with E-state index in [1.165, 1.54) is 45.1 Å². The summed E-state index contributed by atoms with van der Waals surface area (Å²) < 4.78 is 0. The van der Waals surface area contributed by atoms with Crippen LogP contribution in [-0.4, -0.2) is 30.4 Å². The maximum atomic E-state index is 4.33.